The number of ether oxygens (including phenoxy) is 2. The maximum Gasteiger partial charge on any atom is 0.244 e. The van der Waals surface area contributed by atoms with E-state index in [1.165, 1.54) is 42.2 Å². The molecule has 0 aromatic heterocycles. The Morgan fingerprint density at radius 1 is 1.05 bits per heavy atom. The molecule has 0 bridgehead atoms. The summed E-state index contributed by atoms with van der Waals surface area (Å²) in [5.41, 5.74) is 0.435. The molecule has 2 unspecified atom stereocenters. The van der Waals surface area contributed by atoms with Crippen LogP contribution in [0.25, 0.3) is 0 Å². The Morgan fingerprint density at radius 3 is 2.38 bits per heavy atom. The van der Waals surface area contributed by atoms with Gasteiger partial charge in [0, 0.05) is 24.2 Å². The standard InChI is InChI=1S/C26H34FN3O6S/c1-5-18(3)28-26(32)19(4)29(16-20-9-7-8-10-22(20)27)25(31)17-30(37(33,34)6-2)21-11-12-23-24(15-21)36-14-13-35-23/h7-12,15,18-19H,5-6,13-14,16-17H2,1-4H3,(H,28,32). The van der Waals surface area contributed by atoms with Crippen LogP contribution in [-0.2, 0) is 26.2 Å². The lowest BCUT2D eigenvalue weighted by molar-refractivity contribution is -0.139. The molecule has 1 aliphatic rings. The molecule has 2 amide bonds. The van der Waals surface area contributed by atoms with Crippen molar-refractivity contribution in [2.24, 2.45) is 0 Å². The maximum atomic E-state index is 14.5. The van der Waals surface area contributed by atoms with Crippen LogP contribution in [0.15, 0.2) is 42.5 Å². The van der Waals surface area contributed by atoms with E-state index in [9.17, 15) is 22.4 Å². The van der Waals surface area contributed by atoms with Crippen LogP contribution in [0, 0.1) is 5.82 Å². The van der Waals surface area contributed by atoms with E-state index in [2.05, 4.69) is 5.32 Å². The van der Waals surface area contributed by atoms with Crippen molar-refractivity contribution in [2.75, 3.05) is 29.8 Å². The van der Waals surface area contributed by atoms with E-state index in [1.54, 1.807) is 19.1 Å². The highest BCUT2D eigenvalue weighted by molar-refractivity contribution is 7.92. The molecular weight excluding hydrogens is 501 g/mol. The predicted molar refractivity (Wildman–Crippen MR) is 139 cm³/mol. The van der Waals surface area contributed by atoms with Gasteiger partial charge in [0.2, 0.25) is 21.8 Å². The number of nitrogens with one attached hydrogen (secondary N) is 1. The summed E-state index contributed by atoms with van der Waals surface area (Å²) in [7, 11) is -3.90. The molecular formula is C26H34FN3O6S. The van der Waals surface area contributed by atoms with Crippen molar-refractivity contribution in [3.05, 3.63) is 53.8 Å². The van der Waals surface area contributed by atoms with E-state index in [0.29, 0.717) is 31.1 Å². The minimum Gasteiger partial charge on any atom is -0.486 e. The lowest BCUT2D eigenvalue weighted by Gasteiger charge is -2.32. The number of hydrogen-bond acceptors (Lipinski definition) is 6. The number of sulfonamides is 1. The summed E-state index contributed by atoms with van der Waals surface area (Å²) >= 11 is 0. The highest BCUT2D eigenvalue weighted by Gasteiger charge is 2.32. The maximum absolute atomic E-state index is 14.5. The second-order valence-electron chi connectivity index (χ2n) is 8.84. The number of halogens is 1. The fourth-order valence-corrected chi connectivity index (χ4v) is 4.82. The van der Waals surface area contributed by atoms with E-state index >= 15 is 0 Å². The van der Waals surface area contributed by atoms with Gasteiger partial charge in [-0.3, -0.25) is 13.9 Å². The molecule has 1 aliphatic heterocycles. The van der Waals surface area contributed by atoms with Crippen molar-refractivity contribution in [1.82, 2.24) is 10.2 Å². The number of anilines is 1. The Kier molecular flexibility index (Phi) is 9.36. The number of carbonyl (C=O) groups is 2. The Labute approximate surface area is 217 Å². The first-order valence-electron chi connectivity index (χ1n) is 12.3. The number of carbonyl (C=O) groups excluding carboxylic acids is 2. The molecule has 9 nitrogen and oxygen atoms in total. The van der Waals surface area contributed by atoms with E-state index in [-0.39, 0.29) is 29.6 Å². The molecule has 1 heterocycles. The summed E-state index contributed by atoms with van der Waals surface area (Å²) in [5, 5.41) is 2.84. The van der Waals surface area contributed by atoms with Crippen LogP contribution < -0.4 is 19.1 Å². The summed E-state index contributed by atoms with van der Waals surface area (Å²) in [4.78, 5) is 27.8. The van der Waals surface area contributed by atoms with Gasteiger partial charge >= 0.3 is 0 Å². The quantitative estimate of drug-likeness (QED) is 0.474. The summed E-state index contributed by atoms with van der Waals surface area (Å²) in [6, 6.07) is 9.48. The van der Waals surface area contributed by atoms with E-state index in [1.807, 2.05) is 13.8 Å². The van der Waals surface area contributed by atoms with Gasteiger partial charge in [0.1, 0.15) is 31.6 Å². The lowest BCUT2D eigenvalue weighted by atomic mass is 10.1. The third-order valence-electron chi connectivity index (χ3n) is 6.26. The van der Waals surface area contributed by atoms with Crippen LogP contribution >= 0.6 is 0 Å². The Morgan fingerprint density at radius 2 is 1.73 bits per heavy atom. The molecule has 0 radical (unpaired) electrons. The molecule has 0 fully saturated rings. The smallest absolute Gasteiger partial charge is 0.244 e. The minimum atomic E-state index is -3.90. The number of benzene rings is 2. The van der Waals surface area contributed by atoms with Crippen LogP contribution in [0.1, 0.15) is 39.7 Å². The normalized spacial score (nSPS) is 14.4. The van der Waals surface area contributed by atoms with E-state index in [0.717, 1.165) is 4.31 Å². The van der Waals surface area contributed by atoms with Gasteiger partial charge in [-0.15, -0.1) is 0 Å². The van der Waals surface area contributed by atoms with E-state index < -0.39 is 40.2 Å². The topological polar surface area (TPSA) is 105 Å². The molecule has 0 saturated carbocycles. The minimum absolute atomic E-state index is 0.130. The molecule has 2 atom stereocenters. The fourth-order valence-electron chi connectivity index (χ4n) is 3.77. The van der Waals surface area contributed by atoms with Gasteiger partial charge < -0.3 is 19.7 Å². The average molecular weight is 536 g/mol. The molecule has 0 saturated heterocycles. The van der Waals surface area contributed by atoms with Crippen molar-refractivity contribution in [2.45, 2.75) is 52.7 Å². The van der Waals surface area contributed by atoms with Gasteiger partial charge in [-0.05, 0) is 45.4 Å². The van der Waals surface area contributed by atoms with Crippen LogP contribution in [0.2, 0.25) is 0 Å². The van der Waals surface area contributed by atoms with Gasteiger partial charge in [0.25, 0.3) is 0 Å². The monoisotopic (exact) mass is 535 g/mol. The van der Waals surface area contributed by atoms with Crippen molar-refractivity contribution < 1.29 is 31.9 Å². The molecule has 3 rings (SSSR count). The first kappa shape index (κ1) is 28.2. The second-order valence-corrected chi connectivity index (χ2v) is 11.0. The number of nitrogens with zero attached hydrogens (tertiary/aromatic N) is 2. The summed E-state index contributed by atoms with van der Waals surface area (Å²) in [6.45, 7) is 6.68. The van der Waals surface area contributed by atoms with Crippen LogP contribution in [0.3, 0.4) is 0 Å². The third kappa shape index (κ3) is 6.91. The molecule has 0 aliphatic carbocycles. The average Bonchev–Trinajstić information content (AvgIpc) is 2.90. The van der Waals surface area contributed by atoms with Crippen molar-refractivity contribution in [1.29, 1.82) is 0 Å². The predicted octanol–water partition coefficient (Wildman–Crippen LogP) is 3.09. The largest absolute Gasteiger partial charge is 0.486 e. The van der Waals surface area contributed by atoms with Crippen LogP contribution in [-0.4, -0.2) is 62.7 Å². The van der Waals surface area contributed by atoms with Crippen LogP contribution in [0.4, 0.5) is 10.1 Å². The SMILES string of the molecule is CCC(C)NC(=O)C(C)N(Cc1ccccc1F)C(=O)CN(c1ccc2c(c1)OCCO2)S(=O)(=O)CC. The highest BCUT2D eigenvalue weighted by Crippen LogP contribution is 2.35. The summed E-state index contributed by atoms with van der Waals surface area (Å²) in [6.07, 6.45) is 0.687. The van der Waals surface area contributed by atoms with Gasteiger partial charge in [0.15, 0.2) is 11.5 Å². The Balaban J connectivity index is 1.95. The number of amides is 2. The zero-order valence-electron chi connectivity index (χ0n) is 21.6. The van der Waals surface area contributed by atoms with Crippen molar-refractivity contribution >= 4 is 27.5 Å². The third-order valence-corrected chi connectivity index (χ3v) is 8.00. The molecule has 2 aromatic rings. The molecule has 2 aromatic carbocycles. The van der Waals surface area contributed by atoms with Gasteiger partial charge in [0.05, 0.1) is 11.4 Å². The second kappa shape index (κ2) is 12.3. The molecule has 1 N–H and O–H groups in total. The van der Waals surface area contributed by atoms with Crippen LogP contribution in [0.5, 0.6) is 11.5 Å². The zero-order chi connectivity index (χ0) is 27.2. The molecule has 0 spiro atoms. The van der Waals surface area contributed by atoms with Crippen molar-refractivity contribution in [3.63, 3.8) is 0 Å². The van der Waals surface area contributed by atoms with Gasteiger partial charge in [-0.1, -0.05) is 25.1 Å². The van der Waals surface area contributed by atoms with Gasteiger partial charge in [-0.2, -0.15) is 0 Å². The lowest BCUT2D eigenvalue weighted by Crippen LogP contribution is -2.52. The fraction of sp³-hybridized carbons (Fsp3) is 0.462. The highest BCUT2D eigenvalue weighted by atomic mass is 32.2. The number of hydrogen-bond donors (Lipinski definition) is 1. The van der Waals surface area contributed by atoms with E-state index in [4.69, 9.17) is 9.47 Å². The summed E-state index contributed by atoms with van der Waals surface area (Å²) < 4.78 is 52.7. The molecule has 202 valence electrons. The Bertz CT molecular complexity index is 1220. The van der Waals surface area contributed by atoms with Gasteiger partial charge in [-0.25, -0.2) is 12.8 Å². The first-order chi connectivity index (χ1) is 17.6. The number of rotatable bonds is 11. The number of fused-ring (bicyclic) bond motifs is 1. The Hall–Kier alpha value is -3.34. The summed E-state index contributed by atoms with van der Waals surface area (Å²) in [5.74, 6) is -1.000. The molecule has 11 heteroatoms. The molecule has 37 heavy (non-hydrogen) atoms. The zero-order valence-corrected chi connectivity index (χ0v) is 22.4. The van der Waals surface area contributed by atoms with Crippen molar-refractivity contribution in [3.8, 4) is 11.5 Å². The first-order valence-corrected chi connectivity index (χ1v) is 13.9.